The van der Waals surface area contributed by atoms with E-state index >= 15 is 0 Å². The fourth-order valence-electron chi connectivity index (χ4n) is 1.09. The highest BCUT2D eigenvalue weighted by Crippen LogP contribution is 2.28. The van der Waals surface area contributed by atoms with E-state index in [0.717, 1.165) is 16.9 Å². The van der Waals surface area contributed by atoms with Gasteiger partial charge < -0.3 is 4.74 Å². The van der Waals surface area contributed by atoms with Crippen LogP contribution in [0.1, 0.15) is 19.4 Å². The first-order chi connectivity index (χ1) is 6.69. The predicted octanol–water partition coefficient (Wildman–Crippen LogP) is 4.03. The summed E-state index contributed by atoms with van der Waals surface area (Å²) in [5, 5.41) is 2.39. The van der Waals surface area contributed by atoms with Crippen molar-refractivity contribution in [2.45, 2.75) is 13.8 Å². The number of hydrogen-bond acceptors (Lipinski definition) is 2. The first kappa shape index (κ1) is 11.5. The number of thiol groups is 1. The van der Waals surface area contributed by atoms with Crippen LogP contribution in [-0.2, 0) is 0 Å². The number of halogens is 1. The van der Waals surface area contributed by atoms with E-state index in [1.54, 1.807) is 5.41 Å². The van der Waals surface area contributed by atoms with E-state index in [1.807, 2.05) is 32.0 Å². The Bertz CT molecular complexity index is 347. The van der Waals surface area contributed by atoms with Crippen molar-refractivity contribution in [1.82, 2.24) is 0 Å². The zero-order valence-corrected chi connectivity index (χ0v) is 9.90. The fourth-order valence-corrected chi connectivity index (χ4v) is 1.48. The third-order valence-electron chi connectivity index (χ3n) is 1.88. The van der Waals surface area contributed by atoms with E-state index in [2.05, 4.69) is 12.6 Å². The molecule has 0 aromatic heterocycles. The average Bonchev–Trinajstić information content (AvgIpc) is 2.20. The summed E-state index contributed by atoms with van der Waals surface area (Å²) in [5.41, 5.74) is 2.15. The molecule has 1 nitrogen and oxygen atoms in total. The molecule has 0 unspecified atom stereocenters. The summed E-state index contributed by atoms with van der Waals surface area (Å²) >= 11 is 10.1. The monoisotopic (exact) mass is 228 g/mol. The molecule has 0 aliphatic carbocycles. The Kier molecular flexibility index (Phi) is 4.36. The maximum Gasteiger partial charge on any atom is 0.137 e. The molecule has 0 atom stereocenters. The Labute approximate surface area is 95.1 Å². The summed E-state index contributed by atoms with van der Waals surface area (Å²) < 4.78 is 5.33. The molecule has 0 saturated heterocycles. The van der Waals surface area contributed by atoms with Gasteiger partial charge in [0.25, 0.3) is 0 Å². The minimum atomic E-state index is 0.625. The van der Waals surface area contributed by atoms with Crippen LogP contribution in [0.25, 0.3) is 5.57 Å². The van der Waals surface area contributed by atoms with Crippen LogP contribution in [0.15, 0.2) is 23.6 Å². The summed E-state index contributed by atoms with van der Waals surface area (Å²) in [6.45, 7) is 4.54. The van der Waals surface area contributed by atoms with Gasteiger partial charge in [0.05, 0.1) is 11.6 Å². The summed E-state index contributed by atoms with van der Waals surface area (Å²) in [6, 6.07) is 5.73. The molecule has 0 fully saturated rings. The van der Waals surface area contributed by atoms with Crippen LogP contribution in [0.5, 0.6) is 5.75 Å². The van der Waals surface area contributed by atoms with Gasteiger partial charge in [0.15, 0.2) is 0 Å². The van der Waals surface area contributed by atoms with Gasteiger partial charge >= 0.3 is 0 Å². The molecule has 0 amide bonds. The second-order valence-corrected chi connectivity index (χ2v) is 3.56. The minimum absolute atomic E-state index is 0.625. The van der Waals surface area contributed by atoms with Gasteiger partial charge in [-0.2, -0.15) is 12.6 Å². The first-order valence-corrected chi connectivity index (χ1v) is 5.32. The van der Waals surface area contributed by atoms with Gasteiger partial charge in [0, 0.05) is 0 Å². The van der Waals surface area contributed by atoms with Crippen molar-refractivity contribution in [2.75, 3.05) is 6.61 Å². The third-order valence-corrected chi connectivity index (χ3v) is 2.56. The molecule has 0 bridgehead atoms. The summed E-state index contributed by atoms with van der Waals surface area (Å²) in [6.07, 6.45) is 0. The average molecular weight is 229 g/mol. The van der Waals surface area contributed by atoms with Gasteiger partial charge in [0.1, 0.15) is 5.75 Å². The Hall–Kier alpha value is -0.600. The topological polar surface area (TPSA) is 9.23 Å². The van der Waals surface area contributed by atoms with E-state index in [1.165, 1.54) is 0 Å². The second kappa shape index (κ2) is 5.32. The lowest BCUT2D eigenvalue weighted by Gasteiger charge is -2.07. The molecule has 3 heteroatoms. The van der Waals surface area contributed by atoms with Gasteiger partial charge in [0.2, 0.25) is 0 Å². The largest absolute Gasteiger partial charge is 0.492 e. The quantitative estimate of drug-likeness (QED) is 0.769. The SMILES string of the molecule is CCOc1ccc(/C(C)=C/S)cc1Cl. The van der Waals surface area contributed by atoms with Crippen LogP contribution in [0, 0.1) is 0 Å². The highest BCUT2D eigenvalue weighted by molar-refractivity contribution is 7.83. The van der Waals surface area contributed by atoms with Gasteiger partial charge in [-0.3, -0.25) is 0 Å². The molecule has 0 spiro atoms. The first-order valence-electron chi connectivity index (χ1n) is 4.42. The number of hydrogen-bond donors (Lipinski definition) is 1. The van der Waals surface area contributed by atoms with Crippen molar-refractivity contribution < 1.29 is 4.74 Å². The number of ether oxygens (including phenoxy) is 1. The highest BCUT2D eigenvalue weighted by Gasteiger charge is 2.02. The van der Waals surface area contributed by atoms with Crippen LogP contribution in [-0.4, -0.2) is 6.61 Å². The summed E-state index contributed by atoms with van der Waals surface area (Å²) in [5.74, 6) is 0.727. The minimum Gasteiger partial charge on any atom is -0.492 e. The Balaban J connectivity index is 3.00. The number of rotatable bonds is 3. The van der Waals surface area contributed by atoms with Crippen LogP contribution >= 0.6 is 24.2 Å². The molecule has 76 valence electrons. The van der Waals surface area contributed by atoms with Gasteiger partial charge in [-0.15, -0.1) is 0 Å². The third kappa shape index (κ3) is 2.69. The molecule has 0 aliphatic heterocycles. The lowest BCUT2D eigenvalue weighted by molar-refractivity contribution is 0.340. The lowest BCUT2D eigenvalue weighted by atomic mass is 10.1. The molecule has 0 aliphatic rings. The van der Waals surface area contributed by atoms with E-state index in [4.69, 9.17) is 16.3 Å². The van der Waals surface area contributed by atoms with Crippen LogP contribution in [0.3, 0.4) is 0 Å². The number of allylic oxidation sites excluding steroid dienone is 1. The fraction of sp³-hybridized carbons (Fsp3) is 0.273. The van der Waals surface area contributed by atoms with E-state index < -0.39 is 0 Å². The van der Waals surface area contributed by atoms with Gasteiger partial charge in [-0.25, -0.2) is 0 Å². The Morgan fingerprint density at radius 1 is 1.57 bits per heavy atom. The van der Waals surface area contributed by atoms with E-state index in [-0.39, 0.29) is 0 Å². The van der Waals surface area contributed by atoms with Crippen molar-refractivity contribution in [3.05, 3.63) is 34.2 Å². The van der Waals surface area contributed by atoms with Crippen LogP contribution in [0.4, 0.5) is 0 Å². The van der Waals surface area contributed by atoms with E-state index in [9.17, 15) is 0 Å². The molecular formula is C11H13ClOS. The molecule has 1 aromatic rings. The molecule has 0 N–H and O–H groups in total. The Morgan fingerprint density at radius 2 is 2.29 bits per heavy atom. The normalized spacial score (nSPS) is 11.6. The molecule has 0 radical (unpaired) electrons. The molecular weight excluding hydrogens is 216 g/mol. The standard InChI is InChI=1S/C11H13ClOS/c1-3-13-11-5-4-9(6-10(11)12)8(2)7-14/h4-7,14H,3H2,1-2H3/b8-7+. The molecule has 1 rings (SSSR count). The Morgan fingerprint density at radius 3 is 2.79 bits per heavy atom. The summed E-state index contributed by atoms with van der Waals surface area (Å²) in [7, 11) is 0. The zero-order valence-electron chi connectivity index (χ0n) is 8.25. The smallest absolute Gasteiger partial charge is 0.137 e. The zero-order chi connectivity index (χ0) is 10.6. The summed E-state index contributed by atoms with van der Waals surface area (Å²) in [4.78, 5) is 0. The lowest BCUT2D eigenvalue weighted by Crippen LogP contribution is -1.92. The maximum atomic E-state index is 6.03. The maximum absolute atomic E-state index is 6.03. The van der Waals surface area contributed by atoms with Crippen molar-refractivity contribution in [1.29, 1.82) is 0 Å². The van der Waals surface area contributed by atoms with Crippen molar-refractivity contribution in [3.8, 4) is 5.75 Å². The molecule has 0 heterocycles. The van der Waals surface area contributed by atoms with Gasteiger partial charge in [-0.1, -0.05) is 17.7 Å². The molecule has 14 heavy (non-hydrogen) atoms. The highest BCUT2D eigenvalue weighted by atomic mass is 35.5. The van der Waals surface area contributed by atoms with Crippen LogP contribution < -0.4 is 4.74 Å². The predicted molar refractivity (Wildman–Crippen MR) is 65.3 cm³/mol. The second-order valence-electron chi connectivity index (χ2n) is 2.89. The van der Waals surface area contributed by atoms with Crippen molar-refractivity contribution >= 4 is 29.8 Å². The van der Waals surface area contributed by atoms with E-state index in [0.29, 0.717) is 11.6 Å². The molecule has 0 saturated carbocycles. The number of benzene rings is 1. The molecule has 1 aromatic carbocycles. The van der Waals surface area contributed by atoms with Crippen molar-refractivity contribution in [2.24, 2.45) is 0 Å². The van der Waals surface area contributed by atoms with Gasteiger partial charge in [-0.05, 0) is 42.5 Å². The van der Waals surface area contributed by atoms with Crippen molar-refractivity contribution in [3.63, 3.8) is 0 Å². The van der Waals surface area contributed by atoms with Crippen LogP contribution in [0.2, 0.25) is 5.02 Å².